The van der Waals surface area contributed by atoms with Gasteiger partial charge in [-0.2, -0.15) is 0 Å². The molecule has 0 amide bonds. The Labute approximate surface area is 155 Å². The number of Topliss-reactive ketones (excluding diaryl/α,β-unsaturated/α-hetero) is 1. The number of ketones is 1. The van der Waals surface area contributed by atoms with Crippen molar-refractivity contribution in [3.05, 3.63) is 21.9 Å². The van der Waals surface area contributed by atoms with Gasteiger partial charge >= 0.3 is 0 Å². The number of hydrogen-bond acceptors (Lipinski definition) is 6. The van der Waals surface area contributed by atoms with Crippen molar-refractivity contribution < 1.29 is 9.90 Å². The third-order valence-electron chi connectivity index (χ3n) is 5.64. The summed E-state index contributed by atoms with van der Waals surface area (Å²) in [5.74, 6) is 0.154. The van der Waals surface area contributed by atoms with Gasteiger partial charge in [0.05, 0.1) is 4.88 Å². The maximum absolute atomic E-state index is 11.5. The molecule has 3 rings (SSSR count). The molecule has 5 nitrogen and oxygen atoms in total. The van der Waals surface area contributed by atoms with Gasteiger partial charge in [0.15, 0.2) is 5.78 Å². The van der Waals surface area contributed by atoms with Crippen molar-refractivity contribution in [3.63, 3.8) is 0 Å². The maximum atomic E-state index is 11.5. The first-order valence-corrected chi connectivity index (χ1v) is 10.3. The second kappa shape index (κ2) is 8.73. The minimum Gasteiger partial charge on any atom is -0.396 e. The average molecular weight is 366 g/mol. The minimum absolute atomic E-state index is 0.154. The standard InChI is InChI=1S/C19H31N3O2S/c1-15(24)19-11-16(14-25-19)12-21-8-9-22(18(13-21)5-10-23)17-3-6-20(2)7-4-17/h11,14,17-18,23H,3-10,12-13H2,1-2H3/t18-/m1/s1. The van der Waals surface area contributed by atoms with Gasteiger partial charge in [0.1, 0.15) is 0 Å². The smallest absolute Gasteiger partial charge is 0.169 e. The van der Waals surface area contributed by atoms with Crippen LogP contribution in [0.4, 0.5) is 0 Å². The van der Waals surface area contributed by atoms with E-state index in [4.69, 9.17) is 0 Å². The van der Waals surface area contributed by atoms with Crippen LogP contribution in [0.1, 0.15) is 41.4 Å². The molecule has 1 N–H and O–H groups in total. The SMILES string of the molecule is CC(=O)c1cc(CN2CCN(C3CCN(C)CC3)[C@H](CCO)C2)cs1. The number of nitrogens with zero attached hydrogens (tertiary/aromatic N) is 3. The number of piperazine rings is 1. The van der Waals surface area contributed by atoms with Crippen LogP contribution < -0.4 is 0 Å². The number of carbonyl (C=O) groups is 1. The van der Waals surface area contributed by atoms with E-state index in [9.17, 15) is 9.90 Å². The molecule has 2 fully saturated rings. The van der Waals surface area contributed by atoms with Gasteiger partial charge in [-0.05, 0) is 63.3 Å². The number of piperidine rings is 1. The van der Waals surface area contributed by atoms with Crippen LogP contribution in [0.5, 0.6) is 0 Å². The zero-order valence-corrected chi connectivity index (χ0v) is 16.3. The number of thiophene rings is 1. The fourth-order valence-corrected chi connectivity index (χ4v) is 5.00. The van der Waals surface area contributed by atoms with Gasteiger partial charge in [-0.1, -0.05) is 0 Å². The lowest BCUT2D eigenvalue weighted by Crippen LogP contribution is -2.58. The maximum Gasteiger partial charge on any atom is 0.169 e. The van der Waals surface area contributed by atoms with Gasteiger partial charge in [-0.15, -0.1) is 11.3 Å². The van der Waals surface area contributed by atoms with E-state index in [-0.39, 0.29) is 12.4 Å². The van der Waals surface area contributed by atoms with Gasteiger partial charge in [0.25, 0.3) is 0 Å². The molecule has 1 aromatic heterocycles. The molecule has 1 atom stereocenters. The van der Waals surface area contributed by atoms with E-state index in [2.05, 4.69) is 27.1 Å². The van der Waals surface area contributed by atoms with E-state index in [0.29, 0.717) is 12.1 Å². The van der Waals surface area contributed by atoms with Crippen molar-refractivity contribution in [1.29, 1.82) is 0 Å². The summed E-state index contributed by atoms with van der Waals surface area (Å²) in [7, 11) is 2.20. The Morgan fingerprint density at radius 3 is 2.68 bits per heavy atom. The predicted molar refractivity (Wildman–Crippen MR) is 102 cm³/mol. The van der Waals surface area contributed by atoms with Crippen LogP contribution in [0.2, 0.25) is 0 Å². The Bertz CT molecular complexity index is 569. The summed E-state index contributed by atoms with van der Waals surface area (Å²) < 4.78 is 0. The summed E-state index contributed by atoms with van der Waals surface area (Å²) in [5, 5.41) is 11.6. The molecule has 3 heterocycles. The molecule has 0 aromatic carbocycles. The largest absolute Gasteiger partial charge is 0.396 e. The Hall–Kier alpha value is -0.790. The number of aliphatic hydroxyl groups is 1. The van der Waals surface area contributed by atoms with Crippen molar-refractivity contribution >= 4 is 17.1 Å². The van der Waals surface area contributed by atoms with E-state index in [1.54, 1.807) is 18.3 Å². The molecule has 0 bridgehead atoms. The topological polar surface area (TPSA) is 47.0 Å². The van der Waals surface area contributed by atoms with Gasteiger partial charge in [0, 0.05) is 44.9 Å². The Kier molecular flexibility index (Phi) is 6.63. The van der Waals surface area contributed by atoms with E-state index in [0.717, 1.165) is 37.5 Å². The van der Waals surface area contributed by atoms with Gasteiger partial charge in [-0.25, -0.2) is 0 Å². The minimum atomic E-state index is 0.154. The second-order valence-electron chi connectivity index (χ2n) is 7.55. The third kappa shape index (κ3) is 4.89. The zero-order chi connectivity index (χ0) is 17.8. The van der Waals surface area contributed by atoms with Crippen LogP contribution in [-0.4, -0.2) is 84.1 Å². The van der Waals surface area contributed by atoms with Crippen LogP contribution in [0.25, 0.3) is 0 Å². The van der Waals surface area contributed by atoms with E-state index in [1.165, 1.54) is 31.5 Å². The van der Waals surface area contributed by atoms with Crippen molar-refractivity contribution in [2.24, 2.45) is 0 Å². The number of rotatable bonds is 6. The highest BCUT2D eigenvalue weighted by Crippen LogP contribution is 2.24. The number of hydrogen-bond donors (Lipinski definition) is 1. The number of carbonyl (C=O) groups excluding carboxylic acids is 1. The first kappa shape index (κ1) is 19.0. The van der Waals surface area contributed by atoms with E-state index < -0.39 is 0 Å². The van der Waals surface area contributed by atoms with Crippen LogP contribution in [0.15, 0.2) is 11.4 Å². The van der Waals surface area contributed by atoms with E-state index >= 15 is 0 Å². The summed E-state index contributed by atoms with van der Waals surface area (Å²) in [4.78, 5) is 19.9. The monoisotopic (exact) mass is 365 g/mol. The van der Waals surface area contributed by atoms with Gasteiger partial charge in [-0.3, -0.25) is 14.6 Å². The summed E-state index contributed by atoms with van der Waals surface area (Å²) in [5.41, 5.74) is 1.24. The average Bonchev–Trinajstić information content (AvgIpc) is 3.05. The van der Waals surface area contributed by atoms with Crippen LogP contribution >= 0.6 is 11.3 Å². The highest BCUT2D eigenvalue weighted by atomic mass is 32.1. The molecule has 2 saturated heterocycles. The Balaban J connectivity index is 1.59. The molecule has 6 heteroatoms. The molecule has 25 heavy (non-hydrogen) atoms. The highest BCUT2D eigenvalue weighted by Gasteiger charge is 2.33. The lowest BCUT2D eigenvalue weighted by Gasteiger charge is -2.47. The molecule has 2 aliphatic heterocycles. The summed E-state index contributed by atoms with van der Waals surface area (Å²) in [6.45, 7) is 8.33. The molecule has 1 aromatic rings. The van der Waals surface area contributed by atoms with Crippen molar-refractivity contribution in [1.82, 2.24) is 14.7 Å². The van der Waals surface area contributed by atoms with Crippen molar-refractivity contribution in [2.45, 2.75) is 44.8 Å². The van der Waals surface area contributed by atoms with Crippen molar-refractivity contribution in [3.8, 4) is 0 Å². The zero-order valence-electron chi connectivity index (χ0n) is 15.5. The first-order chi connectivity index (χ1) is 12.1. The predicted octanol–water partition coefficient (Wildman–Crippen LogP) is 1.91. The molecule has 2 aliphatic rings. The fraction of sp³-hybridized carbons (Fsp3) is 0.737. The van der Waals surface area contributed by atoms with Crippen LogP contribution in [0, 0.1) is 0 Å². The second-order valence-corrected chi connectivity index (χ2v) is 8.46. The lowest BCUT2D eigenvalue weighted by molar-refractivity contribution is 0.00603. The van der Waals surface area contributed by atoms with Gasteiger partial charge < -0.3 is 10.0 Å². The Morgan fingerprint density at radius 2 is 2.04 bits per heavy atom. The molecule has 0 unspecified atom stereocenters. The molecule has 0 spiro atoms. The number of aliphatic hydroxyl groups excluding tert-OH is 1. The molecule has 0 saturated carbocycles. The molecule has 140 valence electrons. The third-order valence-corrected chi connectivity index (χ3v) is 6.72. The van der Waals surface area contributed by atoms with Crippen molar-refractivity contribution in [2.75, 3.05) is 46.4 Å². The molecular weight excluding hydrogens is 334 g/mol. The van der Waals surface area contributed by atoms with Gasteiger partial charge in [0.2, 0.25) is 0 Å². The molecular formula is C19H31N3O2S. The number of likely N-dealkylation sites (tertiary alicyclic amines) is 1. The molecule has 0 radical (unpaired) electrons. The summed E-state index contributed by atoms with van der Waals surface area (Å²) >= 11 is 1.55. The highest BCUT2D eigenvalue weighted by molar-refractivity contribution is 7.12. The Morgan fingerprint density at radius 1 is 1.28 bits per heavy atom. The quantitative estimate of drug-likeness (QED) is 0.781. The van der Waals surface area contributed by atoms with Crippen LogP contribution in [0.3, 0.4) is 0 Å². The first-order valence-electron chi connectivity index (χ1n) is 9.42. The molecule has 0 aliphatic carbocycles. The summed E-state index contributed by atoms with van der Waals surface area (Å²) in [6.07, 6.45) is 3.33. The van der Waals surface area contributed by atoms with E-state index in [1.807, 2.05) is 6.07 Å². The fourth-order valence-electron chi connectivity index (χ4n) is 4.19. The summed E-state index contributed by atoms with van der Waals surface area (Å²) in [6, 6.07) is 3.15. The van der Waals surface area contributed by atoms with Crippen LogP contribution in [-0.2, 0) is 6.54 Å². The normalized spacial score (nSPS) is 24.7. The lowest BCUT2D eigenvalue weighted by atomic mass is 9.98.